The summed E-state index contributed by atoms with van der Waals surface area (Å²) in [6.07, 6.45) is 0.552. The van der Waals surface area contributed by atoms with Gasteiger partial charge in [0.25, 0.3) is 0 Å². The molecular weight excluding hydrogens is 414 g/mol. The third kappa shape index (κ3) is 3.79. The summed E-state index contributed by atoms with van der Waals surface area (Å²) in [5.74, 6) is 1.38. The highest BCUT2D eigenvalue weighted by Crippen LogP contribution is 2.41. The number of halogens is 1. The Morgan fingerprint density at radius 3 is 2.81 bits per heavy atom. The van der Waals surface area contributed by atoms with E-state index < -0.39 is 11.4 Å². The van der Waals surface area contributed by atoms with Gasteiger partial charge in [-0.25, -0.2) is 4.99 Å². The van der Waals surface area contributed by atoms with E-state index in [0.717, 1.165) is 23.7 Å². The van der Waals surface area contributed by atoms with E-state index in [2.05, 4.69) is 10.2 Å². The van der Waals surface area contributed by atoms with E-state index in [4.69, 9.17) is 21.3 Å². The van der Waals surface area contributed by atoms with Crippen molar-refractivity contribution in [3.05, 3.63) is 53.1 Å². The summed E-state index contributed by atoms with van der Waals surface area (Å²) >= 11 is 6.23. The molecule has 0 spiro atoms. The van der Waals surface area contributed by atoms with Crippen molar-refractivity contribution in [2.45, 2.75) is 33.2 Å². The summed E-state index contributed by atoms with van der Waals surface area (Å²) < 4.78 is 6.16. The highest BCUT2D eigenvalue weighted by Gasteiger charge is 2.48. The molecule has 0 saturated carbocycles. The smallest absolute Gasteiger partial charge is 0.311 e. The lowest BCUT2D eigenvalue weighted by Crippen LogP contribution is -2.63. The van der Waals surface area contributed by atoms with Gasteiger partial charge < -0.3 is 20.1 Å². The molecule has 2 aliphatic heterocycles. The molecule has 2 atom stereocenters. The molecule has 2 N–H and O–H groups in total. The fraction of sp³-hybridized carbons (Fsp3) is 0.417. The first-order valence-electron chi connectivity index (χ1n) is 10.7. The minimum absolute atomic E-state index is 0.0151. The van der Waals surface area contributed by atoms with E-state index in [-0.39, 0.29) is 12.0 Å². The highest BCUT2D eigenvalue weighted by molar-refractivity contribution is 6.31. The summed E-state index contributed by atoms with van der Waals surface area (Å²) in [5, 5.41) is 14.3. The van der Waals surface area contributed by atoms with Gasteiger partial charge in [-0.1, -0.05) is 44.5 Å². The van der Waals surface area contributed by atoms with Crippen LogP contribution in [0.2, 0.25) is 5.02 Å². The van der Waals surface area contributed by atoms with Crippen LogP contribution in [0, 0.1) is 11.3 Å². The Morgan fingerprint density at radius 2 is 2.10 bits per heavy atom. The molecule has 4 rings (SSSR count). The molecule has 0 amide bonds. The number of aliphatic imine (C=N–C) groups is 1. The quantitative estimate of drug-likeness (QED) is 0.703. The zero-order chi connectivity index (χ0) is 22.2. The SMILES string of the molecule is CC[C@@](C(=O)O)(C(C)C)C1CN(C2=Nc3cc(Cl)ccc3Oc3ccccc32)CCN1. The molecule has 2 aliphatic rings. The first-order valence-corrected chi connectivity index (χ1v) is 11.1. The van der Waals surface area contributed by atoms with Crippen LogP contribution >= 0.6 is 11.6 Å². The molecule has 0 aromatic heterocycles. The van der Waals surface area contributed by atoms with Gasteiger partial charge in [-0.3, -0.25) is 4.79 Å². The van der Waals surface area contributed by atoms with Gasteiger partial charge in [0.05, 0.1) is 11.0 Å². The lowest BCUT2D eigenvalue weighted by molar-refractivity contribution is -0.155. The second-order valence-corrected chi connectivity index (χ2v) is 8.89. The van der Waals surface area contributed by atoms with Crippen LogP contribution in [0.25, 0.3) is 0 Å². The Balaban J connectivity index is 1.78. The fourth-order valence-corrected chi connectivity index (χ4v) is 5.00. The number of hydrogen-bond acceptors (Lipinski definition) is 5. The Labute approximate surface area is 187 Å². The summed E-state index contributed by atoms with van der Waals surface area (Å²) in [6.45, 7) is 7.88. The molecule has 1 fully saturated rings. The fourth-order valence-electron chi connectivity index (χ4n) is 4.83. The van der Waals surface area contributed by atoms with Gasteiger partial charge in [0.1, 0.15) is 17.3 Å². The van der Waals surface area contributed by atoms with Crippen LogP contribution in [-0.4, -0.2) is 47.5 Å². The number of aliphatic carboxylic acids is 1. The first-order chi connectivity index (χ1) is 14.9. The van der Waals surface area contributed by atoms with E-state index in [1.54, 1.807) is 12.1 Å². The molecule has 2 aromatic rings. The summed E-state index contributed by atoms with van der Waals surface area (Å²) in [4.78, 5) is 19.5. The van der Waals surface area contributed by atoms with Crippen LogP contribution < -0.4 is 10.1 Å². The molecule has 1 saturated heterocycles. The topological polar surface area (TPSA) is 74.2 Å². The molecule has 2 aromatic carbocycles. The number of nitrogens with zero attached hydrogens (tertiary/aromatic N) is 2. The number of fused-ring (bicyclic) bond motifs is 2. The van der Waals surface area contributed by atoms with E-state index in [1.165, 1.54) is 0 Å². The van der Waals surface area contributed by atoms with E-state index in [0.29, 0.717) is 36.0 Å². The number of carbonyl (C=O) groups is 1. The summed E-state index contributed by atoms with van der Waals surface area (Å²) in [7, 11) is 0. The zero-order valence-electron chi connectivity index (χ0n) is 18.1. The third-order valence-electron chi connectivity index (χ3n) is 6.61. The van der Waals surface area contributed by atoms with Crippen molar-refractivity contribution in [2.75, 3.05) is 19.6 Å². The molecule has 164 valence electrons. The van der Waals surface area contributed by atoms with Crippen LogP contribution in [0.15, 0.2) is 47.5 Å². The van der Waals surface area contributed by atoms with Gasteiger partial charge in [-0.15, -0.1) is 0 Å². The summed E-state index contributed by atoms with van der Waals surface area (Å²) in [5.41, 5.74) is 0.691. The first kappa shape index (κ1) is 21.7. The normalized spacial score (nSPS) is 20.1. The minimum atomic E-state index is -0.860. The van der Waals surface area contributed by atoms with Crippen molar-refractivity contribution in [3.63, 3.8) is 0 Å². The second kappa shape index (κ2) is 8.52. The van der Waals surface area contributed by atoms with E-state index in [1.807, 2.05) is 51.1 Å². The molecule has 0 radical (unpaired) electrons. The maximum Gasteiger partial charge on any atom is 0.311 e. The Bertz CT molecular complexity index is 1020. The van der Waals surface area contributed by atoms with Crippen LogP contribution in [-0.2, 0) is 4.79 Å². The third-order valence-corrected chi connectivity index (χ3v) is 6.84. The monoisotopic (exact) mass is 441 g/mol. The van der Waals surface area contributed by atoms with Crippen molar-refractivity contribution >= 4 is 29.1 Å². The number of carboxylic acids is 1. The molecule has 2 heterocycles. The average Bonchev–Trinajstić information content (AvgIpc) is 2.91. The number of piperazine rings is 1. The van der Waals surface area contributed by atoms with E-state index >= 15 is 0 Å². The van der Waals surface area contributed by atoms with Crippen molar-refractivity contribution < 1.29 is 14.6 Å². The van der Waals surface area contributed by atoms with Crippen molar-refractivity contribution in [1.82, 2.24) is 10.2 Å². The largest absolute Gasteiger partial charge is 0.481 e. The zero-order valence-corrected chi connectivity index (χ0v) is 18.8. The van der Waals surface area contributed by atoms with Crippen LogP contribution in [0.1, 0.15) is 32.8 Å². The van der Waals surface area contributed by atoms with Gasteiger partial charge >= 0.3 is 5.97 Å². The van der Waals surface area contributed by atoms with Crippen LogP contribution in [0.3, 0.4) is 0 Å². The number of benzene rings is 2. The predicted molar refractivity (Wildman–Crippen MR) is 123 cm³/mol. The van der Waals surface area contributed by atoms with Crippen molar-refractivity contribution in [3.8, 4) is 11.5 Å². The molecule has 0 aliphatic carbocycles. The van der Waals surface area contributed by atoms with Gasteiger partial charge in [0.2, 0.25) is 0 Å². The van der Waals surface area contributed by atoms with Gasteiger partial charge in [-0.2, -0.15) is 0 Å². The lowest BCUT2D eigenvalue weighted by atomic mass is 9.68. The molecule has 6 nitrogen and oxygen atoms in total. The predicted octanol–water partition coefficient (Wildman–Crippen LogP) is 4.93. The van der Waals surface area contributed by atoms with E-state index in [9.17, 15) is 9.90 Å². The van der Waals surface area contributed by atoms with Gasteiger partial charge in [0.15, 0.2) is 5.75 Å². The van der Waals surface area contributed by atoms with Crippen molar-refractivity contribution in [1.29, 1.82) is 0 Å². The molecule has 31 heavy (non-hydrogen) atoms. The second-order valence-electron chi connectivity index (χ2n) is 8.45. The standard InChI is InChI=1S/C24H28ClN3O3/c1-4-24(15(2)3,23(29)30)21-14-28(12-11-26-21)22-17-7-5-6-8-19(17)31-20-10-9-16(25)13-18(20)27-22/h5-10,13,15,21,26H,4,11-12,14H2,1-3H3,(H,29,30)/t21?,24-/m1/s1. The number of para-hydroxylation sites is 1. The summed E-state index contributed by atoms with van der Waals surface area (Å²) in [6, 6.07) is 13.0. The molecule has 1 unspecified atom stereocenters. The van der Waals surface area contributed by atoms with Crippen LogP contribution in [0.4, 0.5) is 5.69 Å². The van der Waals surface area contributed by atoms with Crippen LogP contribution in [0.5, 0.6) is 11.5 Å². The van der Waals surface area contributed by atoms with Crippen molar-refractivity contribution in [2.24, 2.45) is 16.3 Å². The Kier molecular flexibility index (Phi) is 5.95. The highest BCUT2D eigenvalue weighted by atomic mass is 35.5. The number of carboxylic acid groups (broad SMARTS) is 1. The lowest BCUT2D eigenvalue weighted by Gasteiger charge is -2.46. The minimum Gasteiger partial charge on any atom is -0.481 e. The molecule has 7 heteroatoms. The number of rotatable bonds is 4. The Morgan fingerprint density at radius 1 is 1.32 bits per heavy atom. The number of ether oxygens (including phenoxy) is 1. The average molecular weight is 442 g/mol. The number of hydrogen-bond donors (Lipinski definition) is 2. The molecular formula is C24H28ClN3O3. The van der Waals surface area contributed by atoms with Gasteiger partial charge in [-0.05, 0) is 42.7 Å². The number of amidine groups is 1. The maximum absolute atomic E-state index is 12.4. The molecule has 0 bridgehead atoms. The number of nitrogens with one attached hydrogen (secondary N) is 1. The maximum atomic E-state index is 12.4. The van der Waals surface area contributed by atoms with Gasteiger partial charge in [0, 0.05) is 30.7 Å². The Hall–Kier alpha value is -2.57.